The van der Waals surface area contributed by atoms with E-state index in [1.807, 2.05) is 24.3 Å². The van der Waals surface area contributed by atoms with E-state index in [0.717, 1.165) is 11.1 Å². The molecule has 7 heteroatoms. The lowest BCUT2D eigenvalue weighted by atomic mass is 10.0. The second-order valence-electron chi connectivity index (χ2n) is 5.64. The summed E-state index contributed by atoms with van der Waals surface area (Å²) >= 11 is 0. The SMILES string of the molecule is N#Cc1ccc(-c2cccc(Oc3ccc(C#N)cc3S(N)(=O)=O)c2)cc1. The number of hydrogen-bond acceptors (Lipinski definition) is 5. The fourth-order valence-electron chi connectivity index (χ4n) is 2.49. The van der Waals surface area contributed by atoms with Gasteiger partial charge in [-0.1, -0.05) is 24.3 Å². The number of hydrogen-bond donors (Lipinski definition) is 1. The average molecular weight is 375 g/mol. The van der Waals surface area contributed by atoms with Crippen molar-refractivity contribution in [1.82, 2.24) is 0 Å². The molecule has 0 unspecified atom stereocenters. The van der Waals surface area contributed by atoms with Gasteiger partial charge in [0, 0.05) is 0 Å². The third-order valence-electron chi connectivity index (χ3n) is 3.79. The molecule has 0 spiro atoms. The normalized spacial score (nSPS) is 10.6. The Balaban J connectivity index is 1.98. The fourth-order valence-corrected chi connectivity index (χ4v) is 3.17. The van der Waals surface area contributed by atoms with Crippen LogP contribution in [0.1, 0.15) is 11.1 Å². The van der Waals surface area contributed by atoms with Crippen LogP contribution in [0.25, 0.3) is 11.1 Å². The molecule has 0 aliphatic carbocycles. The van der Waals surface area contributed by atoms with Crippen LogP contribution in [0, 0.1) is 22.7 Å². The zero-order chi connectivity index (χ0) is 19.4. The van der Waals surface area contributed by atoms with E-state index in [4.69, 9.17) is 20.4 Å². The second-order valence-corrected chi connectivity index (χ2v) is 7.17. The van der Waals surface area contributed by atoms with Gasteiger partial charge in [0.15, 0.2) is 0 Å². The predicted octanol–water partition coefficient (Wildman–Crippen LogP) is 3.54. The van der Waals surface area contributed by atoms with Crippen LogP contribution < -0.4 is 9.88 Å². The molecular weight excluding hydrogens is 362 g/mol. The van der Waals surface area contributed by atoms with Crippen molar-refractivity contribution >= 4 is 10.0 Å². The number of primary sulfonamides is 1. The number of rotatable bonds is 4. The van der Waals surface area contributed by atoms with Crippen LogP contribution in [-0.4, -0.2) is 8.42 Å². The van der Waals surface area contributed by atoms with Gasteiger partial charge in [0.1, 0.15) is 16.4 Å². The maximum absolute atomic E-state index is 11.8. The van der Waals surface area contributed by atoms with Gasteiger partial charge in [-0.25, -0.2) is 13.6 Å². The van der Waals surface area contributed by atoms with E-state index in [1.165, 1.54) is 18.2 Å². The van der Waals surface area contributed by atoms with E-state index in [0.29, 0.717) is 11.3 Å². The monoisotopic (exact) mass is 375 g/mol. The molecule has 0 saturated heterocycles. The summed E-state index contributed by atoms with van der Waals surface area (Å²) in [7, 11) is -4.06. The number of nitrogens with zero attached hydrogens (tertiary/aromatic N) is 2. The molecule has 132 valence electrons. The molecule has 3 aromatic rings. The minimum atomic E-state index is -4.06. The molecule has 0 radical (unpaired) electrons. The Hall–Kier alpha value is -3.65. The van der Waals surface area contributed by atoms with Crippen LogP contribution >= 0.6 is 0 Å². The molecule has 0 atom stereocenters. The Morgan fingerprint density at radius 1 is 0.815 bits per heavy atom. The zero-order valence-electron chi connectivity index (χ0n) is 14.0. The van der Waals surface area contributed by atoms with Crippen molar-refractivity contribution < 1.29 is 13.2 Å². The number of nitriles is 2. The highest BCUT2D eigenvalue weighted by Crippen LogP contribution is 2.31. The largest absolute Gasteiger partial charge is 0.456 e. The summed E-state index contributed by atoms with van der Waals surface area (Å²) in [4.78, 5) is -0.259. The van der Waals surface area contributed by atoms with Gasteiger partial charge in [-0.05, 0) is 53.6 Å². The van der Waals surface area contributed by atoms with Crippen LogP contribution in [0.4, 0.5) is 0 Å². The first-order chi connectivity index (χ1) is 12.9. The molecule has 0 heterocycles. The van der Waals surface area contributed by atoms with Gasteiger partial charge in [0.05, 0.1) is 23.3 Å². The molecule has 0 saturated carbocycles. The molecule has 0 aromatic heterocycles. The summed E-state index contributed by atoms with van der Waals surface area (Å²) < 4.78 is 29.4. The number of benzene rings is 3. The van der Waals surface area contributed by atoms with Crippen LogP contribution in [0.3, 0.4) is 0 Å². The van der Waals surface area contributed by atoms with E-state index in [1.54, 1.807) is 30.3 Å². The van der Waals surface area contributed by atoms with Crippen LogP contribution in [0.2, 0.25) is 0 Å². The fraction of sp³-hybridized carbons (Fsp3) is 0. The topological polar surface area (TPSA) is 117 Å². The number of nitrogens with two attached hydrogens (primary N) is 1. The highest BCUT2D eigenvalue weighted by Gasteiger charge is 2.17. The summed E-state index contributed by atoms with van der Waals surface area (Å²) in [6.07, 6.45) is 0. The van der Waals surface area contributed by atoms with E-state index in [2.05, 4.69) is 6.07 Å². The summed E-state index contributed by atoms with van der Waals surface area (Å²) in [6, 6.07) is 22.1. The molecule has 3 aromatic carbocycles. The van der Waals surface area contributed by atoms with Crippen molar-refractivity contribution in [2.24, 2.45) is 5.14 Å². The lowest BCUT2D eigenvalue weighted by Crippen LogP contribution is -2.13. The van der Waals surface area contributed by atoms with Gasteiger partial charge < -0.3 is 4.74 Å². The molecule has 0 amide bonds. The standard InChI is InChI=1S/C20H13N3O3S/c21-12-14-4-7-16(8-5-14)17-2-1-3-18(11-17)26-19-9-6-15(13-22)10-20(19)27(23,24)25/h1-11H,(H2,23,24,25). The molecule has 2 N–H and O–H groups in total. The van der Waals surface area contributed by atoms with Gasteiger partial charge in [0.2, 0.25) is 10.0 Å². The van der Waals surface area contributed by atoms with Crippen molar-refractivity contribution in [2.75, 3.05) is 0 Å². The van der Waals surface area contributed by atoms with Crippen molar-refractivity contribution in [3.05, 3.63) is 77.9 Å². The molecule has 0 aliphatic rings. The second kappa shape index (κ2) is 7.30. The van der Waals surface area contributed by atoms with Gasteiger partial charge in [-0.2, -0.15) is 10.5 Å². The zero-order valence-corrected chi connectivity index (χ0v) is 14.8. The smallest absolute Gasteiger partial charge is 0.241 e. The van der Waals surface area contributed by atoms with Gasteiger partial charge in [-0.3, -0.25) is 0 Å². The summed E-state index contributed by atoms with van der Waals surface area (Å²) in [5, 5.41) is 23.1. The number of ether oxygens (including phenoxy) is 1. The summed E-state index contributed by atoms with van der Waals surface area (Å²) in [5.41, 5.74) is 2.44. The Labute approximate surface area is 156 Å². The maximum atomic E-state index is 11.8. The lowest BCUT2D eigenvalue weighted by Gasteiger charge is -2.11. The van der Waals surface area contributed by atoms with E-state index < -0.39 is 10.0 Å². The first-order valence-corrected chi connectivity index (χ1v) is 9.31. The van der Waals surface area contributed by atoms with Gasteiger partial charge in [-0.15, -0.1) is 0 Å². The first kappa shape index (κ1) is 18.2. The lowest BCUT2D eigenvalue weighted by molar-refractivity contribution is 0.467. The Bertz CT molecular complexity index is 1190. The predicted molar refractivity (Wildman–Crippen MR) is 99.2 cm³/mol. The summed E-state index contributed by atoms with van der Waals surface area (Å²) in [5.74, 6) is 0.444. The van der Waals surface area contributed by atoms with Crippen molar-refractivity contribution in [2.45, 2.75) is 4.90 Å². The van der Waals surface area contributed by atoms with Crippen molar-refractivity contribution in [3.8, 4) is 34.8 Å². The third kappa shape index (κ3) is 4.13. The van der Waals surface area contributed by atoms with Crippen LogP contribution in [0.15, 0.2) is 71.6 Å². The van der Waals surface area contributed by atoms with Crippen molar-refractivity contribution in [1.29, 1.82) is 10.5 Å². The molecule has 0 bridgehead atoms. The Morgan fingerprint density at radius 3 is 2.11 bits per heavy atom. The minimum Gasteiger partial charge on any atom is -0.456 e. The maximum Gasteiger partial charge on any atom is 0.241 e. The first-order valence-electron chi connectivity index (χ1n) is 7.76. The highest BCUT2D eigenvalue weighted by molar-refractivity contribution is 7.89. The van der Waals surface area contributed by atoms with Gasteiger partial charge in [0.25, 0.3) is 0 Å². The molecule has 3 rings (SSSR count). The molecule has 6 nitrogen and oxygen atoms in total. The Morgan fingerprint density at radius 2 is 1.48 bits per heavy atom. The number of sulfonamides is 1. The summed E-state index contributed by atoms with van der Waals surface area (Å²) in [6.45, 7) is 0. The average Bonchev–Trinajstić information content (AvgIpc) is 2.68. The Kier molecular flexibility index (Phi) is 4.91. The van der Waals surface area contributed by atoms with E-state index >= 15 is 0 Å². The van der Waals surface area contributed by atoms with Gasteiger partial charge >= 0.3 is 0 Å². The third-order valence-corrected chi connectivity index (χ3v) is 4.72. The highest BCUT2D eigenvalue weighted by atomic mass is 32.2. The molecular formula is C20H13N3O3S. The molecule has 0 aliphatic heterocycles. The van der Waals surface area contributed by atoms with E-state index in [9.17, 15) is 8.42 Å². The van der Waals surface area contributed by atoms with Crippen LogP contribution in [-0.2, 0) is 10.0 Å². The van der Waals surface area contributed by atoms with Crippen LogP contribution in [0.5, 0.6) is 11.5 Å². The quantitative estimate of drug-likeness (QED) is 0.748. The van der Waals surface area contributed by atoms with Crippen molar-refractivity contribution in [3.63, 3.8) is 0 Å². The molecule has 27 heavy (non-hydrogen) atoms. The van der Waals surface area contributed by atoms with E-state index in [-0.39, 0.29) is 16.2 Å². The molecule has 0 fully saturated rings. The minimum absolute atomic E-state index is 0.0356.